The van der Waals surface area contributed by atoms with E-state index in [4.69, 9.17) is 11.7 Å². The van der Waals surface area contributed by atoms with Crippen LogP contribution in [0.25, 0.3) is 4.85 Å². The van der Waals surface area contributed by atoms with Gasteiger partial charge in [0.1, 0.15) is 0 Å². The van der Waals surface area contributed by atoms with Crippen molar-refractivity contribution in [3.8, 4) is 0 Å². The summed E-state index contributed by atoms with van der Waals surface area (Å²) in [5.74, 6) is 0. The lowest BCUT2D eigenvalue weighted by atomic mass is 10.0. The van der Waals surface area contributed by atoms with Crippen LogP contribution in [-0.4, -0.2) is 17.3 Å². The number of nitrogens with zero attached hydrogens (tertiary/aromatic N) is 1. The summed E-state index contributed by atoms with van der Waals surface area (Å²) in [7, 11) is 0. The van der Waals surface area contributed by atoms with Gasteiger partial charge in [-0.3, -0.25) is 0 Å². The van der Waals surface area contributed by atoms with E-state index in [0.717, 1.165) is 0 Å². The molecule has 8 heavy (non-hydrogen) atoms. The van der Waals surface area contributed by atoms with Crippen molar-refractivity contribution in [3.05, 3.63) is 11.4 Å². The van der Waals surface area contributed by atoms with Crippen LogP contribution in [0.5, 0.6) is 0 Å². The van der Waals surface area contributed by atoms with Crippen LogP contribution in [0.2, 0.25) is 0 Å². The van der Waals surface area contributed by atoms with E-state index >= 15 is 0 Å². The van der Waals surface area contributed by atoms with Crippen molar-refractivity contribution >= 4 is 0 Å². The van der Waals surface area contributed by atoms with Crippen molar-refractivity contribution in [2.45, 2.75) is 25.8 Å². The van der Waals surface area contributed by atoms with Crippen LogP contribution in [0.15, 0.2) is 0 Å². The molecule has 0 aliphatic carbocycles. The molecule has 0 radical (unpaired) electrons. The lowest BCUT2D eigenvalue weighted by Gasteiger charge is -2.06. The summed E-state index contributed by atoms with van der Waals surface area (Å²) in [4.78, 5) is 3.30. The maximum absolute atomic E-state index is 8.39. The average Bonchev–Trinajstić information content (AvgIpc) is 1.67. The second-order valence-corrected chi connectivity index (χ2v) is 2.40. The van der Waals surface area contributed by atoms with Crippen molar-refractivity contribution in [2.24, 2.45) is 0 Å². The van der Waals surface area contributed by atoms with Crippen LogP contribution < -0.4 is 0 Å². The molecule has 0 fully saturated rings. The van der Waals surface area contributed by atoms with E-state index in [9.17, 15) is 0 Å². The molecular formula is C6H11NO. The molecule has 0 aromatic heterocycles. The minimum absolute atomic E-state index is 0.107. The third kappa shape index (κ3) is 2.59. The van der Waals surface area contributed by atoms with Gasteiger partial charge in [0.15, 0.2) is 0 Å². The van der Waals surface area contributed by atoms with E-state index < -0.39 is 0 Å². The van der Waals surface area contributed by atoms with Gasteiger partial charge in [0, 0.05) is 20.3 Å². The van der Waals surface area contributed by atoms with Crippen molar-refractivity contribution in [2.75, 3.05) is 6.61 Å². The first-order chi connectivity index (χ1) is 3.62. The molecule has 0 aromatic carbocycles. The van der Waals surface area contributed by atoms with Gasteiger partial charge in [0.2, 0.25) is 5.54 Å². The summed E-state index contributed by atoms with van der Waals surface area (Å²) in [5.41, 5.74) is -0.366. The number of aliphatic hydroxyl groups excluding tert-OH is 1. The lowest BCUT2D eigenvalue weighted by Crippen LogP contribution is -2.15. The van der Waals surface area contributed by atoms with E-state index in [-0.39, 0.29) is 12.1 Å². The number of aliphatic hydroxyl groups is 1. The Morgan fingerprint density at radius 1 is 1.62 bits per heavy atom. The molecule has 0 rings (SSSR count). The van der Waals surface area contributed by atoms with E-state index in [1.54, 1.807) is 0 Å². The number of hydrogen-bond acceptors (Lipinski definition) is 1. The van der Waals surface area contributed by atoms with Crippen LogP contribution in [-0.2, 0) is 0 Å². The zero-order chi connectivity index (χ0) is 6.62. The quantitative estimate of drug-likeness (QED) is 0.532. The fourth-order valence-corrected chi connectivity index (χ4v) is 0.330. The second kappa shape index (κ2) is 2.68. The Morgan fingerprint density at radius 2 is 2.12 bits per heavy atom. The standard InChI is InChI=1S/C6H11NO/c1-6(2,7-3)4-5-8/h8H,4-5H2,1-2H3. The molecule has 0 aliphatic rings. The maximum atomic E-state index is 8.39. The molecular weight excluding hydrogens is 102 g/mol. The van der Waals surface area contributed by atoms with Gasteiger partial charge in [0.05, 0.1) is 6.61 Å². The molecule has 0 heterocycles. The zero-order valence-corrected chi connectivity index (χ0v) is 5.31. The van der Waals surface area contributed by atoms with Crippen molar-refractivity contribution in [3.63, 3.8) is 0 Å². The summed E-state index contributed by atoms with van der Waals surface area (Å²) in [6.07, 6.45) is 0.566. The molecule has 1 N–H and O–H groups in total. The molecule has 46 valence electrons. The molecule has 0 bridgehead atoms. The molecule has 0 saturated heterocycles. The highest BCUT2D eigenvalue weighted by atomic mass is 16.3. The van der Waals surface area contributed by atoms with Gasteiger partial charge < -0.3 is 9.95 Å². The second-order valence-electron chi connectivity index (χ2n) is 2.40. The third-order valence-electron chi connectivity index (χ3n) is 1.03. The summed E-state index contributed by atoms with van der Waals surface area (Å²) in [5, 5.41) is 8.39. The van der Waals surface area contributed by atoms with Gasteiger partial charge in [0.25, 0.3) is 0 Å². The largest absolute Gasteiger partial charge is 0.396 e. The molecule has 0 aliphatic heterocycles. The van der Waals surface area contributed by atoms with Crippen LogP contribution in [0.1, 0.15) is 20.3 Å². The Balaban J connectivity index is 3.59. The zero-order valence-electron chi connectivity index (χ0n) is 5.31. The third-order valence-corrected chi connectivity index (χ3v) is 1.03. The molecule has 0 atom stereocenters. The predicted octanol–water partition coefficient (Wildman–Crippen LogP) is 1.07. The normalized spacial score (nSPS) is 10.8. The fraction of sp³-hybridized carbons (Fsp3) is 0.833. The van der Waals surface area contributed by atoms with Crippen molar-refractivity contribution in [1.29, 1.82) is 0 Å². The van der Waals surface area contributed by atoms with Crippen LogP contribution in [0.3, 0.4) is 0 Å². The Kier molecular flexibility index (Phi) is 2.50. The van der Waals surface area contributed by atoms with Crippen molar-refractivity contribution in [1.82, 2.24) is 0 Å². The first-order valence-electron chi connectivity index (χ1n) is 2.62. The van der Waals surface area contributed by atoms with Crippen molar-refractivity contribution < 1.29 is 5.11 Å². The number of hydrogen-bond donors (Lipinski definition) is 1. The Bertz CT molecular complexity index is 102. The highest BCUT2D eigenvalue weighted by Gasteiger charge is 2.20. The minimum atomic E-state index is -0.366. The SMILES string of the molecule is [C-]#[N+]C(C)(C)CCO. The highest BCUT2D eigenvalue weighted by Crippen LogP contribution is 2.11. The molecule has 0 aromatic rings. The minimum Gasteiger partial charge on any atom is -0.396 e. The summed E-state index contributed by atoms with van der Waals surface area (Å²) < 4.78 is 0. The monoisotopic (exact) mass is 113 g/mol. The first-order valence-corrected chi connectivity index (χ1v) is 2.62. The maximum Gasteiger partial charge on any atom is 0.229 e. The van der Waals surface area contributed by atoms with E-state index in [1.807, 2.05) is 13.8 Å². The topological polar surface area (TPSA) is 24.6 Å². The lowest BCUT2D eigenvalue weighted by molar-refractivity contribution is 0.266. The molecule has 2 heteroatoms. The highest BCUT2D eigenvalue weighted by molar-refractivity contribution is 4.88. The van der Waals surface area contributed by atoms with Gasteiger partial charge in [-0.05, 0) is 0 Å². The van der Waals surface area contributed by atoms with Gasteiger partial charge in [-0.15, -0.1) is 0 Å². The van der Waals surface area contributed by atoms with E-state index in [1.165, 1.54) is 0 Å². The van der Waals surface area contributed by atoms with Gasteiger partial charge in [-0.25, -0.2) is 6.57 Å². The summed E-state index contributed by atoms with van der Waals surface area (Å²) in [6, 6.07) is 0. The van der Waals surface area contributed by atoms with Gasteiger partial charge >= 0.3 is 0 Å². The van der Waals surface area contributed by atoms with Gasteiger partial charge in [-0.1, -0.05) is 0 Å². The van der Waals surface area contributed by atoms with Gasteiger partial charge in [-0.2, -0.15) is 0 Å². The van der Waals surface area contributed by atoms with Crippen LogP contribution >= 0.6 is 0 Å². The molecule has 2 nitrogen and oxygen atoms in total. The van der Waals surface area contributed by atoms with Crippen LogP contribution in [0.4, 0.5) is 0 Å². The smallest absolute Gasteiger partial charge is 0.229 e. The molecule has 0 spiro atoms. The van der Waals surface area contributed by atoms with Crippen LogP contribution in [0, 0.1) is 6.57 Å². The average molecular weight is 113 g/mol. The fourth-order valence-electron chi connectivity index (χ4n) is 0.330. The molecule has 0 unspecified atom stereocenters. The number of rotatable bonds is 2. The molecule has 0 saturated carbocycles. The first kappa shape index (κ1) is 7.45. The summed E-state index contributed by atoms with van der Waals surface area (Å²) >= 11 is 0. The predicted molar refractivity (Wildman–Crippen MR) is 32.4 cm³/mol. The Labute approximate surface area is 50.0 Å². The Hall–Kier alpha value is -0.550. The van der Waals surface area contributed by atoms with E-state index in [2.05, 4.69) is 4.85 Å². The summed E-state index contributed by atoms with van der Waals surface area (Å²) in [6.45, 7) is 10.4. The van der Waals surface area contributed by atoms with E-state index in [0.29, 0.717) is 6.42 Å². The molecule has 0 amide bonds. The Morgan fingerprint density at radius 3 is 2.25 bits per heavy atom.